The highest BCUT2D eigenvalue weighted by molar-refractivity contribution is 5.91. The zero-order chi connectivity index (χ0) is 30.1. The molecule has 0 radical (unpaired) electrons. The number of nitrogens with zero attached hydrogens (tertiary/aromatic N) is 5. The first kappa shape index (κ1) is 28.9. The van der Waals surface area contributed by atoms with Crippen LogP contribution in [0, 0.1) is 5.92 Å². The van der Waals surface area contributed by atoms with Crippen LogP contribution in [-0.2, 0) is 19.1 Å². The van der Waals surface area contributed by atoms with Crippen LogP contribution in [0.4, 0.5) is 24.9 Å². The summed E-state index contributed by atoms with van der Waals surface area (Å²) in [5, 5.41) is 13.3. The Morgan fingerprint density at radius 3 is 2.37 bits per heavy atom. The van der Waals surface area contributed by atoms with Crippen LogP contribution in [0.2, 0.25) is 0 Å². The molecule has 2 unspecified atom stereocenters. The molecule has 2 atom stereocenters. The number of hydrogen-bond acceptors (Lipinski definition) is 6. The molecule has 6 rings (SSSR count). The number of anilines is 2. The van der Waals surface area contributed by atoms with Crippen LogP contribution in [0.25, 0.3) is 11.2 Å². The fourth-order valence-electron chi connectivity index (χ4n) is 6.21. The van der Waals surface area contributed by atoms with Crippen molar-refractivity contribution in [3.8, 4) is 0 Å². The average molecular weight is 593 g/mol. The maximum Gasteiger partial charge on any atom is 0.416 e. The Morgan fingerprint density at radius 1 is 0.977 bits per heavy atom. The summed E-state index contributed by atoms with van der Waals surface area (Å²) < 4.78 is 41.9. The summed E-state index contributed by atoms with van der Waals surface area (Å²) in [4.78, 5) is 28.0. The predicted molar refractivity (Wildman–Crippen MR) is 158 cm³/mol. The highest BCUT2D eigenvalue weighted by Crippen LogP contribution is 2.36. The van der Waals surface area contributed by atoms with Gasteiger partial charge in [-0.1, -0.05) is 48.9 Å². The van der Waals surface area contributed by atoms with Gasteiger partial charge >= 0.3 is 12.1 Å². The molecule has 1 aliphatic heterocycles. The molecule has 4 aromatic rings. The van der Waals surface area contributed by atoms with E-state index in [1.807, 2.05) is 22.8 Å². The van der Waals surface area contributed by atoms with Gasteiger partial charge in [-0.25, -0.2) is 14.8 Å². The molecule has 2 aromatic carbocycles. The van der Waals surface area contributed by atoms with Crippen LogP contribution >= 0.6 is 0 Å². The van der Waals surface area contributed by atoms with E-state index < -0.39 is 17.7 Å². The molecule has 2 N–H and O–H groups in total. The molecule has 2 fully saturated rings. The first-order valence-corrected chi connectivity index (χ1v) is 14.9. The van der Waals surface area contributed by atoms with Gasteiger partial charge in [-0.2, -0.15) is 18.2 Å². The van der Waals surface area contributed by atoms with Crippen LogP contribution in [-0.4, -0.2) is 49.2 Å². The van der Waals surface area contributed by atoms with E-state index in [0.29, 0.717) is 28.8 Å². The summed E-state index contributed by atoms with van der Waals surface area (Å²) in [5.74, 6) is -0.154. The molecule has 0 bridgehead atoms. The van der Waals surface area contributed by atoms with Gasteiger partial charge in [0.1, 0.15) is 5.52 Å². The Hall–Kier alpha value is -4.15. The molecular weight excluding hydrogens is 557 g/mol. The van der Waals surface area contributed by atoms with E-state index in [-0.39, 0.29) is 30.1 Å². The van der Waals surface area contributed by atoms with Crippen molar-refractivity contribution >= 4 is 28.9 Å². The number of piperidine rings is 1. The summed E-state index contributed by atoms with van der Waals surface area (Å²) in [7, 11) is 0. The second kappa shape index (κ2) is 11.9. The maximum atomic E-state index is 13.3. The lowest BCUT2D eigenvalue weighted by Crippen LogP contribution is -2.42. The molecule has 43 heavy (non-hydrogen) atoms. The molecule has 226 valence electrons. The molecule has 11 heteroatoms. The lowest BCUT2D eigenvalue weighted by molar-refractivity contribution is -0.137. The highest BCUT2D eigenvalue weighted by Gasteiger charge is 2.32. The van der Waals surface area contributed by atoms with Gasteiger partial charge in [0.05, 0.1) is 12.1 Å². The Bertz CT molecular complexity index is 1580. The van der Waals surface area contributed by atoms with E-state index in [1.54, 1.807) is 0 Å². The standard InChI is InChI=1S/C32H35F3N6O2/c1-20(23-10-7-11-23)36-27-26-28(38-29(37-27)30(42)43)39-31(41(26)19-22-13-15-24(16-14-22)32(33,34)35)40-17-6-5-12-25(40)18-21-8-3-2-4-9-21/h2-4,8-9,13-16,20,23,25H,5-7,10-12,17-19H2,1H3,(H,42,43)(H,36,37,38). The van der Waals surface area contributed by atoms with E-state index in [4.69, 9.17) is 4.98 Å². The second-order valence-electron chi connectivity index (χ2n) is 11.7. The van der Waals surface area contributed by atoms with Gasteiger partial charge in [-0.05, 0) is 74.6 Å². The third kappa shape index (κ3) is 6.16. The van der Waals surface area contributed by atoms with Gasteiger partial charge in [0.25, 0.3) is 0 Å². The number of carbonyl (C=O) groups is 1. The molecule has 2 aromatic heterocycles. The monoisotopic (exact) mass is 592 g/mol. The molecule has 0 amide bonds. The molecular formula is C32H35F3N6O2. The Balaban J connectivity index is 1.47. The average Bonchev–Trinajstić information content (AvgIpc) is 3.31. The molecule has 1 saturated carbocycles. The number of rotatable bonds is 9. The van der Waals surface area contributed by atoms with Gasteiger partial charge < -0.3 is 19.9 Å². The first-order valence-electron chi connectivity index (χ1n) is 14.9. The minimum absolute atomic E-state index is 0.0483. The Labute approximate surface area is 248 Å². The Kier molecular flexibility index (Phi) is 7.98. The van der Waals surface area contributed by atoms with Crippen molar-refractivity contribution in [2.75, 3.05) is 16.8 Å². The van der Waals surface area contributed by atoms with Crippen molar-refractivity contribution in [2.45, 2.75) is 76.7 Å². The van der Waals surface area contributed by atoms with Crippen molar-refractivity contribution < 1.29 is 23.1 Å². The smallest absolute Gasteiger partial charge is 0.416 e. The van der Waals surface area contributed by atoms with Gasteiger partial charge in [0.2, 0.25) is 11.8 Å². The summed E-state index contributed by atoms with van der Waals surface area (Å²) >= 11 is 0. The molecule has 3 heterocycles. The summed E-state index contributed by atoms with van der Waals surface area (Å²) in [6.45, 7) is 3.03. The van der Waals surface area contributed by atoms with Crippen LogP contribution in [0.15, 0.2) is 54.6 Å². The number of carboxylic acid groups (broad SMARTS) is 1. The van der Waals surface area contributed by atoms with E-state index >= 15 is 0 Å². The normalized spacial score (nSPS) is 18.4. The van der Waals surface area contributed by atoms with E-state index in [2.05, 4.69) is 39.2 Å². The van der Waals surface area contributed by atoms with Crippen LogP contribution in [0.3, 0.4) is 0 Å². The third-order valence-corrected chi connectivity index (χ3v) is 8.82. The number of halogens is 3. The van der Waals surface area contributed by atoms with Crippen molar-refractivity contribution in [2.24, 2.45) is 5.92 Å². The number of alkyl halides is 3. The fraction of sp³-hybridized carbons (Fsp3) is 0.438. The summed E-state index contributed by atoms with van der Waals surface area (Å²) in [5.41, 5.74) is 1.95. The van der Waals surface area contributed by atoms with Gasteiger partial charge in [0.15, 0.2) is 11.5 Å². The summed E-state index contributed by atoms with van der Waals surface area (Å²) in [6.07, 6.45) is 2.68. The molecule has 2 aliphatic rings. The largest absolute Gasteiger partial charge is 0.475 e. The van der Waals surface area contributed by atoms with Crippen LogP contribution in [0.5, 0.6) is 0 Å². The first-order chi connectivity index (χ1) is 20.7. The second-order valence-corrected chi connectivity index (χ2v) is 11.7. The number of fused-ring (bicyclic) bond motifs is 1. The minimum atomic E-state index is -4.43. The van der Waals surface area contributed by atoms with Crippen molar-refractivity contribution in [1.82, 2.24) is 19.5 Å². The van der Waals surface area contributed by atoms with Crippen molar-refractivity contribution in [1.29, 1.82) is 0 Å². The van der Waals surface area contributed by atoms with Gasteiger partial charge in [-0.3, -0.25) is 0 Å². The number of nitrogens with one attached hydrogen (secondary N) is 1. The lowest BCUT2D eigenvalue weighted by atomic mass is 9.80. The highest BCUT2D eigenvalue weighted by atomic mass is 19.4. The number of hydrogen-bond donors (Lipinski definition) is 2. The van der Waals surface area contributed by atoms with E-state index in [0.717, 1.165) is 63.6 Å². The predicted octanol–water partition coefficient (Wildman–Crippen LogP) is 6.79. The maximum absolute atomic E-state index is 13.3. The number of aromatic carboxylic acids is 1. The van der Waals surface area contributed by atoms with E-state index in [1.165, 1.54) is 17.7 Å². The number of benzene rings is 2. The summed E-state index contributed by atoms with van der Waals surface area (Å²) in [6, 6.07) is 15.6. The molecule has 1 aliphatic carbocycles. The molecule has 0 spiro atoms. The van der Waals surface area contributed by atoms with Gasteiger partial charge in [-0.15, -0.1) is 0 Å². The number of carboxylic acids is 1. The zero-order valence-electron chi connectivity index (χ0n) is 24.0. The quantitative estimate of drug-likeness (QED) is 0.221. The fourth-order valence-corrected chi connectivity index (χ4v) is 6.21. The zero-order valence-corrected chi connectivity index (χ0v) is 24.0. The Morgan fingerprint density at radius 2 is 1.72 bits per heavy atom. The minimum Gasteiger partial charge on any atom is -0.475 e. The topological polar surface area (TPSA) is 96.2 Å². The van der Waals surface area contributed by atoms with Crippen LogP contribution < -0.4 is 10.2 Å². The van der Waals surface area contributed by atoms with Gasteiger partial charge in [0, 0.05) is 18.6 Å². The van der Waals surface area contributed by atoms with Crippen molar-refractivity contribution in [3.63, 3.8) is 0 Å². The molecule has 8 nitrogen and oxygen atoms in total. The van der Waals surface area contributed by atoms with Crippen LogP contribution in [0.1, 0.15) is 72.8 Å². The third-order valence-electron chi connectivity index (χ3n) is 8.82. The van der Waals surface area contributed by atoms with Crippen molar-refractivity contribution in [3.05, 3.63) is 77.1 Å². The number of imidazole rings is 1. The SMILES string of the molecule is CC(Nc1nc(C(=O)O)nc2nc(N3CCCCC3Cc3ccccc3)n(Cc3ccc(C(F)(F)F)cc3)c12)C1CCC1. The number of aromatic nitrogens is 4. The molecule has 1 saturated heterocycles. The van der Waals surface area contributed by atoms with E-state index in [9.17, 15) is 23.1 Å². The lowest BCUT2D eigenvalue weighted by Gasteiger charge is -2.37.